The number of imidazole rings is 2. The highest BCUT2D eigenvalue weighted by Gasteiger charge is 2.58. The first-order valence-electron chi connectivity index (χ1n) is 21.8. The Bertz CT molecular complexity index is 3320. The Morgan fingerprint density at radius 2 is 1.41 bits per heavy atom. The molecule has 10 unspecified atom stereocenters. The zero-order valence-corrected chi connectivity index (χ0v) is 42.6. The normalized spacial score (nSPS) is 30.1. The summed E-state index contributed by atoms with van der Waals surface area (Å²) in [6, 6.07) is 0.922. The highest BCUT2D eigenvalue weighted by molar-refractivity contribution is 7.66. The van der Waals surface area contributed by atoms with Crippen molar-refractivity contribution in [1.82, 2.24) is 43.6 Å². The van der Waals surface area contributed by atoms with Gasteiger partial charge in [-0.25, -0.2) is 42.6 Å². The van der Waals surface area contributed by atoms with Crippen LogP contribution in [0.4, 0.5) is 11.8 Å². The molecule has 3 fully saturated rings. The third kappa shape index (κ3) is 12.3. The van der Waals surface area contributed by atoms with Crippen LogP contribution >= 0.6 is 31.3 Å². The Kier molecular flexibility index (Phi) is 16.8. The van der Waals surface area contributed by atoms with Crippen LogP contribution in [-0.2, 0) is 75.7 Å². The number of nitrogen functional groups attached to an aromatic ring is 2. The summed E-state index contributed by atoms with van der Waals surface area (Å²) in [5, 5.41) is 42.9. The summed E-state index contributed by atoms with van der Waals surface area (Å²) >= 11 is 0. The summed E-state index contributed by atoms with van der Waals surface area (Å²) in [4.78, 5) is 99.5. The van der Waals surface area contributed by atoms with E-state index >= 15 is 0 Å². The number of aryl methyl sites for hydroxylation is 1. The lowest BCUT2D eigenvalue weighted by Gasteiger charge is -2.36. The Balaban J connectivity index is 0.957. The standard InChI is InChI=1S/C34H48N12O26P4/c1-43-14-46(27-19(43)28(52)42-32(36)41-27)30-23(51)21(49)16(69-30)10-67-75(58,59)72-76(60,61)71-74(56,57)65-6-4-34(11-64-31(24(34)63-8-7-62-2)45-13-39-18-25(35)37-12-38-26(18)45)70-73(54,55)66-9-15-20(48)22(50)29(68-15)44-5-3-17(47)40-33(44)53/h3,5,12-16,20-24,29-31,48-51H,4,6-11H2,1-2H3,(H9-,35,36,37,38,40,41,42,47,52,53,54,55,56,57,58,59,60,61)/p+1/t15-,16-,20?,21?,22?,23?,24?,29-,30-,31-,34?/m1/s1. The minimum Gasteiger partial charge on any atom is -0.387 e. The first-order chi connectivity index (χ1) is 35.6. The third-order valence-electron chi connectivity index (χ3n) is 11.7. The summed E-state index contributed by atoms with van der Waals surface area (Å²) in [5.74, 6) is -0.381. The molecule has 38 nitrogen and oxygen atoms in total. The number of ether oxygens (including phenoxy) is 5. The maximum Gasteiger partial charge on any atom is 0.490 e. The van der Waals surface area contributed by atoms with Gasteiger partial charge in [-0.1, -0.05) is 0 Å². The largest absolute Gasteiger partial charge is 0.490 e. The summed E-state index contributed by atoms with van der Waals surface area (Å²) in [6.45, 7) is -4.55. The van der Waals surface area contributed by atoms with Crippen LogP contribution in [0.3, 0.4) is 0 Å². The molecule has 0 aromatic carbocycles. The molecule has 3 aliphatic rings. The lowest BCUT2D eigenvalue weighted by atomic mass is 9.95. The SMILES string of the molecule is COCCOC1[C@H](n2cnc3c(N)ncnc32)OCC1(CCOP(=O)(O)OP(=O)(O)OP(=O)(O)OC[C@H]1O[C@@H](n2c[n+](C)c3c(=O)[nH]c(N)nc32)C(O)C1O)OP(=O)(O)OC[C@H]1O[C@@H](n2ccc(=O)[nH]c2=O)C(O)C1O. The van der Waals surface area contributed by atoms with E-state index in [2.05, 4.69) is 33.5 Å². The van der Waals surface area contributed by atoms with Gasteiger partial charge >= 0.3 is 42.5 Å². The van der Waals surface area contributed by atoms with Gasteiger partial charge in [-0.15, -0.1) is 0 Å². The molecule has 0 amide bonds. The fourth-order valence-corrected chi connectivity index (χ4v) is 12.9. The number of phosphoric ester groups is 3. The molecular weight excluding hydrogens is 1120 g/mol. The van der Waals surface area contributed by atoms with Crippen molar-refractivity contribution >= 4 is 65.4 Å². The Morgan fingerprint density at radius 1 is 0.776 bits per heavy atom. The number of hydrogen-bond acceptors (Lipinski definition) is 28. The van der Waals surface area contributed by atoms with Crippen molar-refractivity contribution in [3.63, 3.8) is 0 Å². The number of nitrogens with zero attached hydrogens (tertiary/aromatic N) is 8. The molecule has 14 N–H and O–H groups in total. The summed E-state index contributed by atoms with van der Waals surface area (Å²) < 4.78 is 115. The first kappa shape index (κ1) is 57.5. The number of phosphoric acid groups is 4. The van der Waals surface area contributed by atoms with Crippen molar-refractivity contribution in [3.8, 4) is 0 Å². The van der Waals surface area contributed by atoms with Crippen molar-refractivity contribution in [2.24, 2.45) is 7.05 Å². The minimum absolute atomic E-state index is 0.0258. The smallest absolute Gasteiger partial charge is 0.387 e. The van der Waals surface area contributed by atoms with Crippen LogP contribution in [0, 0.1) is 0 Å². The first-order valence-corrected chi connectivity index (χ1v) is 27.8. The highest BCUT2D eigenvalue weighted by atomic mass is 31.3. The number of hydrogen-bond donors (Lipinski definition) is 12. The number of nitrogens with two attached hydrogens (primary N) is 2. The lowest BCUT2D eigenvalue weighted by molar-refractivity contribution is -0.646. The fraction of sp³-hybridized carbons (Fsp3) is 0.588. The predicted octanol–water partition coefficient (Wildman–Crippen LogP) is -4.47. The molecular formula is C34H49N12O26P4+. The predicted molar refractivity (Wildman–Crippen MR) is 243 cm³/mol. The molecule has 76 heavy (non-hydrogen) atoms. The van der Waals surface area contributed by atoms with Crippen LogP contribution in [0.1, 0.15) is 25.1 Å². The second-order valence-corrected chi connectivity index (χ2v) is 22.8. The third-order valence-corrected chi connectivity index (χ3v) is 17.0. The average molecular weight is 1170 g/mol. The zero-order chi connectivity index (χ0) is 55.3. The monoisotopic (exact) mass is 1170 g/mol. The van der Waals surface area contributed by atoms with Crippen LogP contribution in [0.25, 0.3) is 22.3 Å². The number of aromatic amines is 2. The number of methoxy groups -OCH3 is 1. The molecule has 0 bridgehead atoms. The number of rotatable bonds is 23. The molecule has 5 aromatic heterocycles. The van der Waals surface area contributed by atoms with Gasteiger partial charge in [-0.3, -0.25) is 46.8 Å². The van der Waals surface area contributed by atoms with Crippen LogP contribution in [0.5, 0.6) is 0 Å². The molecule has 0 spiro atoms. The zero-order valence-electron chi connectivity index (χ0n) is 39.1. The second kappa shape index (κ2) is 22.2. The molecule has 0 radical (unpaired) electrons. The van der Waals surface area contributed by atoms with Gasteiger partial charge in [-0.05, 0) is 0 Å². The number of fused-ring (bicyclic) bond motifs is 2. The molecule has 3 aliphatic heterocycles. The van der Waals surface area contributed by atoms with E-state index in [1.165, 1.54) is 35.9 Å². The van der Waals surface area contributed by atoms with Crippen LogP contribution in [-0.4, -0.2) is 179 Å². The quantitative estimate of drug-likeness (QED) is 0.0167. The van der Waals surface area contributed by atoms with E-state index in [9.17, 15) is 72.6 Å². The topological polar surface area (TPSA) is 537 Å². The van der Waals surface area contributed by atoms with Crippen molar-refractivity contribution in [2.45, 2.75) is 73.4 Å². The van der Waals surface area contributed by atoms with Gasteiger partial charge in [0.15, 0.2) is 23.9 Å². The Labute approximate surface area is 422 Å². The van der Waals surface area contributed by atoms with Gasteiger partial charge < -0.3 is 75.2 Å². The highest BCUT2D eigenvalue weighted by Crippen LogP contribution is 2.68. The number of nitrogens with one attached hydrogen (secondary N) is 2. The van der Waals surface area contributed by atoms with Crippen molar-refractivity contribution in [3.05, 3.63) is 62.4 Å². The van der Waals surface area contributed by atoms with E-state index in [0.717, 1.165) is 27.7 Å². The van der Waals surface area contributed by atoms with Crippen LogP contribution < -0.4 is 32.8 Å². The number of aromatic nitrogens is 10. The summed E-state index contributed by atoms with van der Waals surface area (Å²) in [7, 11) is -20.8. The molecule has 8 heterocycles. The van der Waals surface area contributed by atoms with E-state index in [1.54, 1.807) is 0 Å². The lowest BCUT2D eigenvalue weighted by Crippen LogP contribution is -2.48. The van der Waals surface area contributed by atoms with E-state index in [1.807, 2.05) is 4.98 Å². The number of aliphatic hydroxyl groups excluding tert-OH is 4. The molecule has 8 rings (SSSR count). The van der Waals surface area contributed by atoms with Gasteiger partial charge in [0.25, 0.3) is 16.7 Å². The Morgan fingerprint density at radius 3 is 2.05 bits per heavy atom. The molecule has 15 atom stereocenters. The number of aliphatic hydroxyl groups is 4. The Hall–Kier alpha value is -4.66. The van der Waals surface area contributed by atoms with Gasteiger partial charge in [-0.2, -0.15) is 18.2 Å². The second-order valence-electron chi connectivity index (χ2n) is 16.8. The van der Waals surface area contributed by atoms with E-state index < -0.39 is 148 Å². The number of anilines is 2. The van der Waals surface area contributed by atoms with Crippen LogP contribution in [0.2, 0.25) is 0 Å². The molecule has 42 heteroatoms. The maximum absolute atomic E-state index is 13.9. The van der Waals surface area contributed by atoms with Gasteiger partial charge in [0.05, 0.1) is 53.0 Å². The van der Waals surface area contributed by atoms with Crippen molar-refractivity contribution in [2.75, 3.05) is 58.2 Å². The van der Waals surface area contributed by atoms with E-state index in [-0.39, 0.29) is 47.3 Å². The van der Waals surface area contributed by atoms with E-state index in [0.29, 0.717) is 0 Å². The van der Waals surface area contributed by atoms with Crippen molar-refractivity contribution < 1.29 is 113 Å². The summed E-state index contributed by atoms with van der Waals surface area (Å²) in [5.41, 5.74) is 6.76. The van der Waals surface area contributed by atoms with Gasteiger partial charge in [0, 0.05) is 25.8 Å². The maximum atomic E-state index is 13.9. The average Bonchev–Trinajstić information content (AvgIpc) is 4.11. The molecule has 0 aliphatic carbocycles. The van der Waals surface area contributed by atoms with Gasteiger partial charge in [0.2, 0.25) is 18.5 Å². The molecule has 420 valence electrons. The molecule has 3 saturated heterocycles. The molecule has 5 aromatic rings. The van der Waals surface area contributed by atoms with Crippen molar-refractivity contribution in [1.29, 1.82) is 0 Å². The molecule has 0 saturated carbocycles. The summed E-state index contributed by atoms with van der Waals surface area (Å²) in [6.07, 6.45) is -13.3. The van der Waals surface area contributed by atoms with Gasteiger partial charge in [0.1, 0.15) is 60.2 Å². The minimum atomic E-state index is -6.20. The number of H-pyrrole nitrogens is 2. The van der Waals surface area contributed by atoms with Crippen LogP contribution in [0.15, 0.2) is 45.6 Å². The fourth-order valence-electron chi connectivity index (χ4n) is 8.29. The van der Waals surface area contributed by atoms with E-state index in [4.69, 9.17) is 53.2 Å².